The summed E-state index contributed by atoms with van der Waals surface area (Å²) < 4.78 is 10.6. The number of benzene rings is 1. The number of hydrogen-bond acceptors (Lipinski definition) is 4. The third-order valence-electron chi connectivity index (χ3n) is 2.70. The summed E-state index contributed by atoms with van der Waals surface area (Å²) in [6.45, 7) is 0.893. The summed E-state index contributed by atoms with van der Waals surface area (Å²) >= 11 is 1.74. The molecule has 0 unspecified atom stereocenters. The first-order chi connectivity index (χ1) is 8.78. The smallest absolute Gasteiger partial charge is 0.161 e. The Morgan fingerprint density at radius 3 is 2.56 bits per heavy atom. The molecule has 1 N–H and O–H groups in total. The molecule has 0 radical (unpaired) electrons. The lowest BCUT2D eigenvalue weighted by Crippen LogP contribution is -2.03. The largest absolute Gasteiger partial charge is 0.493 e. The van der Waals surface area contributed by atoms with Gasteiger partial charge in [0.25, 0.3) is 0 Å². The number of rotatable bonds is 5. The lowest BCUT2D eigenvalue weighted by Gasteiger charge is -2.08. The summed E-state index contributed by atoms with van der Waals surface area (Å²) in [6, 6.07) is 8.19. The monoisotopic (exact) mass is 263 g/mol. The summed E-state index contributed by atoms with van der Waals surface area (Å²) in [5.74, 6) is 1.52. The van der Waals surface area contributed by atoms with E-state index in [9.17, 15) is 0 Å². The predicted molar refractivity (Wildman–Crippen MR) is 75.6 cm³/mol. The van der Waals surface area contributed by atoms with Gasteiger partial charge in [-0.2, -0.15) is 0 Å². The highest BCUT2D eigenvalue weighted by Crippen LogP contribution is 2.34. The van der Waals surface area contributed by atoms with E-state index in [0.717, 1.165) is 23.6 Å². The lowest BCUT2D eigenvalue weighted by atomic mass is 10.1. The van der Waals surface area contributed by atoms with Gasteiger partial charge in [-0.25, -0.2) is 0 Å². The lowest BCUT2D eigenvalue weighted by molar-refractivity contribution is 0.355. The van der Waals surface area contributed by atoms with Gasteiger partial charge in [0, 0.05) is 11.4 Å². The molecule has 2 aromatic rings. The topological polar surface area (TPSA) is 30.5 Å². The molecule has 0 amide bonds. The van der Waals surface area contributed by atoms with Gasteiger partial charge in [0.15, 0.2) is 11.5 Å². The van der Waals surface area contributed by atoms with Crippen molar-refractivity contribution in [1.29, 1.82) is 0 Å². The van der Waals surface area contributed by atoms with Crippen molar-refractivity contribution in [2.24, 2.45) is 0 Å². The minimum absolute atomic E-state index is 0.758. The fourth-order valence-electron chi connectivity index (χ4n) is 1.81. The Labute approximate surface area is 111 Å². The second-order valence-corrected chi connectivity index (χ2v) is 4.83. The molecule has 0 aliphatic rings. The highest BCUT2D eigenvalue weighted by Gasteiger charge is 2.07. The molecule has 4 heteroatoms. The molecular formula is C14H17NO2S. The minimum atomic E-state index is 0.758. The number of hydrogen-bond donors (Lipinski definition) is 1. The van der Waals surface area contributed by atoms with Crippen LogP contribution in [0.2, 0.25) is 0 Å². The Balaban J connectivity index is 2.31. The second-order valence-electron chi connectivity index (χ2n) is 3.92. The van der Waals surface area contributed by atoms with Crippen LogP contribution in [0.15, 0.2) is 29.6 Å². The van der Waals surface area contributed by atoms with E-state index in [2.05, 4.69) is 22.8 Å². The molecule has 0 aliphatic carbocycles. The van der Waals surface area contributed by atoms with Crippen LogP contribution in [0.25, 0.3) is 10.4 Å². The normalized spacial score (nSPS) is 10.4. The second kappa shape index (κ2) is 5.89. The van der Waals surface area contributed by atoms with Gasteiger partial charge in [-0.1, -0.05) is 0 Å². The van der Waals surface area contributed by atoms with Crippen LogP contribution in [0, 0.1) is 0 Å². The van der Waals surface area contributed by atoms with Crippen LogP contribution in [0.3, 0.4) is 0 Å². The molecule has 0 bridgehead atoms. The van der Waals surface area contributed by atoms with E-state index in [4.69, 9.17) is 9.47 Å². The first-order valence-electron chi connectivity index (χ1n) is 5.73. The van der Waals surface area contributed by atoms with Crippen LogP contribution in [0.5, 0.6) is 11.5 Å². The third kappa shape index (κ3) is 2.66. The van der Waals surface area contributed by atoms with E-state index >= 15 is 0 Å². The van der Waals surface area contributed by atoms with Crippen molar-refractivity contribution in [3.63, 3.8) is 0 Å². The molecule has 18 heavy (non-hydrogen) atoms. The van der Waals surface area contributed by atoms with Crippen molar-refractivity contribution >= 4 is 11.3 Å². The van der Waals surface area contributed by atoms with Crippen LogP contribution in [-0.4, -0.2) is 21.3 Å². The Morgan fingerprint density at radius 2 is 1.89 bits per heavy atom. The number of nitrogens with one attached hydrogen (secondary N) is 1. The summed E-state index contributed by atoms with van der Waals surface area (Å²) in [5.41, 5.74) is 2.45. The number of ether oxygens (including phenoxy) is 2. The minimum Gasteiger partial charge on any atom is -0.493 e. The van der Waals surface area contributed by atoms with Gasteiger partial charge in [-0.3, -0.25) is 0 Å². The van der Waals surface area contributed by atoms with Gasteiger partial charge in [-0.05, 0) is 47.8 Å². The summed E-state index contributed by atoms with van der Waals surface area (Å²) in [7, 11) is 5.25. The molecule has 1 aromatic carbocycles. The van der Waals surface area contributed by atoms with Crippen molar-refractivity contribution < 1.29 is 9.47 Å². The van der Waals surface area contributed by atoms with Crippen LogP contribution in [0.1, 0.15) is 5.56 Å². The Hall–Kier alpha value is -1.52. The van der Waals surface area contributed by atoms with Crippen molar-refractivity contribution in [1.82, 2.24) is 5.32 Å². The van der Waals surface area contributed by atoms with Gasteiger partial charge >= 0.3 is 0 Å². The fraction of sp³-hybridized carbons (Fsp3) is 0.286. The zero-order valence-corrected chi connectivity index (χ0v) is 11.6. The van der Waals surface area contributed by atoms with E-state index in [-0.39, 0.29) is 0 Å². The molecule has 0 saturated heterocycles. The average Bonchev–Trinajstić information content (AvgIpc) is 2.87. The van der Waals surface area contributed by atoms with Gasteiger partial charge in [0.05, 0.1) is 14.2 Å². The van der Waals surface area contributed by atoms with Crippen molar-refractivity contribution in [2.75, 3.05) is 21.3 Å². The first kappa shape index (κ1) is 12.9. The van der Waals surface area contributed by atoms with Crippen LogP contribution >= 0.6 is 11.3 Å². The highest BCUT2D eigenvalue weighted by atomic mass is 32.1. The SMILES string of the molecule is CNCc1csc(-c2ccc(OC)c(OC)c2)c1. The Morgan fingerprint density at radius 1 is 1.11 bits per heavy atom. The molecule has 3 nitrogen and oxygen atoms in total. The molecule has 1 aromatic heterocycles. The van der Waals surface area contributed by atoms with Crippen molar-refractivity contribution in [3.05, 3.63) is 35.2 Å². The van der Waals surface area contributed by atoms with Crippen LogP contribution in [-0.2, 0) is 6.54 Å². The molecule has 0 atom stereocenters. The van der Waals surface area contributed by atoms with Gasteiger partial charge < -0.3 is 14.8 Å². The maximum atomic E-state index is 5.32. The standard InChI is InChI=1S/C14H17NO2S/c1-15-8-10-6-14(18-9-10)11-4-5-12(16-2)13(7-11)17-3/h4-7,9,15H,8H2,1-3H3. The average molecular weight is 263 g/mol. The van der Waals surface area contributed by atoms with E-state index in [1.165, 1.54) is 10.4 Å². The molecule has 0 saturated carbocycles. The highest BCUT2D eigenvalue weighted by molar-refractivity contribution is 7.13. The van der Waals surface area contributed by atoms with Crippen LogP contribution < -0.4 is 14.8 Å². The van der Waals surface area contributed by atoms with Gasteiger partial charge in [0.2, 0.25) is 0 Å². The summed E-state index contributed by atoms with van der Waals surface area (Å²) in [6.07, 6.45) is 0. The Kier molecular flexibility index (Phi) is 4.23. The number of thiophene rings is 1. The van der Waals surface area contributed by atoms with E-state index in [0.29, 0.717) is 0 Å². The number of methoxy groups -OCH3 is 2. The first-order valence-corrected chi connectivity index (χ1v) is 6.61. The predicted octanol–water partition coefficient (Wildman–Crippen LogP) is 3.15. The molecule has 0 aliphatic heterocycles. The molecule has 96 valence electrons. The molecule has 2 rings (SSSR count). The van der Waals surface area contributed by atoms with Gasteiger partial charge in [-0.15, -0.1) is 11.3 Å². The maximum absolute atomic E-state index is 5.32. The molecular weight excluding hydrogens is 246 g/mol. The summed E-state index contributed by atoms with van der Waals surface area (Å²) in [4.78, 5) is 1.24. The van der Waals surface area contributed by atoms with Gasteiger partial charge in [0.1, 0.15) is 0 Å². The molecule has 0 spiro atoms. The molecule has 1 heterocycles. The fourth-order valence-corrected chi connectivity index (χ4v) is 2.73. The Bertz CT molecular complexity index is 522. The molecule has 0 fully saturated rings. The quantitative estimate of drug-likeness (QED) is 0.899. The zero-order chi connectivity index (χ0) is 13.0. The van der Waals surface area contributed by atoms with Crippen molar-refractivity contribution in [2.45, 2.75) is 6.54 Å². The van der Waals surface area contributed by atoms with E-state index < -0.39 is 0 Å². The van der Waals surface area contributed by atoms with Crippen LogP contribution in [0.4, 0.5) is 0 Å². The van der Waals surface area contributed by atoms with Crippen molar-refractivity contribution in [3.8, 4) is 21.9 Å². The van der Waals surface area contributed by atoms with E-state index in [1.807, 2.05) is 19.2 Å². The van der Waals surface area contributed by atoms with E-state index in [1.54, 1.807) is 25.6 Å². The zero-order valence-electron chi connectivity index (χ0n) is 10.8. The summed E-state index contributed by atoms with van der Waals surface area (Å²) in [5, 5.41) is 5.32. The third-order valence-corrected chi connectivity index (χ3v) is 3.73. The maximum Gasteiger partial charge on any atom is 0.161 e.